The molecule has 0 saturated carbocycles. The van der Waals surface area contributed by atoms with Crippen LogP contribution in [-0.4, -0.2) is 48.5 Å². The highest BCUT2D eigenvalue weighted by atomic mass is 16.7. The van der Waals surface area contributed by atoms with Gasteiger partial charge in [0.15, 0.2) is 12.4 Å². The van der Waals surface area contributed by atoms with Crippen molar-refractivity contribution in [3.8, 4) is 0 Å². The molecule has 2 saturated heterocycles. The molecule has 0 N–H and O–H groups in total. The Balaban J connectivity index is 1.60. The first kappa shape index (κ1) is 19.9. The molecule has 1 amide bonds. The van der Waals surface area contributed by atoms with Crippen LogP contribution in [-0.2, 0) is 23.8 Å². The zero-order valence-corrected chi connectivity index (χ0v) is 16.2. The molecule has 0 spiro atoms. The molecule has 2 aliphatic heterocycles. The summed E-state index contributed by atoms with van der Waals surface area (Å²) in [6.07, 6.45) is -2.37. The number of benzene rings is 2. The van der Waals surface area contributed by atoms with Crippen LogP contribution in [0.2, 0.25) is 0 Å². The van der Waals surface area contributed by atoms with Crippen molar-refractivity contribution < 1.29 is 23.8 Å². The van der Waals surface area contributed by atoms with Crippen molar-refractivity contribution in [3.05, 3.63) is 82.2 Å². The van der Waals surface area contributed by atoms with E-state index in [0.717, 1.165) is 11.1 Å². The van der Waals surface area contributed by atoms with Gasteiger partial charge in [0.05, 0.1) is 6.04 Å². The summed E-state index contributed by atoms with van der Waals surface area (Å²) in [7, 11) is 1.45. The second kappa shape index (κ2) is 8.54. The number of nitrogens with zero attached hydrogens (tertiary/aromatic N) is 4. The third-order valence-corrected chi connectivity index (χ3v) is 5.28. The topological polar surface area (TPSA) is 114 Å². The number of ether oxygens (including phenoxy) is 3. The number of rotatable bonds is 6. The average molecular weight is 408 g/mol. The van der Waals surface area contributed by atoms with E-state index < -0.39 is 42.6 Å². The van der Waals surface area contributed by atoms with Crippen molar-refractivity contribution >= 4 is 11.9 Å². The van der Waals surface area contributed by atoms with Crippen LogP contribution < -0.4 is 0 Å². The number of hydrogen-bond donors (Lipinski definition) is 0. The highest BCUT2D eigenvalue weighted by Crippen LogP contribution is 2.37. The van der Waals surface area contributed by atoms with Crippen LogP contribution in [0.1, 0.15) is 23.7 Å². The molecule has 4 atom stereocenters. The number of β-lactam (4-membered cyclic amide) rings is 1. The Morgan fingerprint density at radius 1 is 1.17 bits per heavy atom. The number of esters is 1. The molecule has 0 aliphatic carbocycles. The van der Waals surface area contributed by atoms with E-state index in [1.807, 2.05) is 60.7 Å². The van der Waals surface area contributed by atoms with Crippen molar-refractivity contribution in [1.29, 1.82) is 0 Å². The lowest BCUT2D eigenvalue weighted by Gasteiger charge is -2.52. The first-order valence-corrected chi connectivity index (χ1v) is 9.49. The van der Waals surface area contributed by atoms with E-state index in [9.17, 15) is 9.59 Å². The van der Waals surface area contributed by atoms with Gasteiger partial charge in [0.25, 0.3) is 0 Å². The maximum Gasteiger partial charge on any atom is 0.357 e. The normalized spacial score (nSPS) is 25.1. The molecule has 154 valence electrons. The highest BCUT2D eigenvalue weighted by molar-refractivity contribution is 5.93. The van der Waals surface area contributed by atoms with E-state index >= 15 is 0 Å². The highest BCUT2D eigenvalue weighted by Gasteiger charge is 2.57. The number of fused-ring (bicyclic) bond motifs is 1. The monoisotopic (exact) mass is 408 g/mol. The van der Waals surface area contributed by atoms with Gasteiger partial charge in [0.2, 0.25) is 12.1 Å². The fourth-order valence-electron chi connectivity index (χ4n) is 3.81. The van der Waals surface area contributed by atoms with Crippen LogP contribution in [0.25, 0.3) is 10.4 Å². The van der Waals surface area contributed by atoms with Crippen molar-refractivity contribution in [2.45, 2.75) is 37.1 Å². The summed E-state index contributed by atoms with van der Waals surface area (Å²) in [4.78, 5) is 29.6. The fraction of sp³-hybridized carbons (Fsp3) is 0.333. The van der Waals surface area contributed by atoms with Crippen molar-refractivity contribution in [2.24, 2.45) is 5.11 Å². The molecule has 4 unspecified atom stereocenters. The lowest BCUT2D eigenvalue weighted by molar-refractivity contribution is -0.264. The van der Waals surface area contributed by atoms with Crippen molar-refractivity contribution in [1.82, 2.24) is 4.90 Å². The third-order valence-electron chi connectivity index (χ3n) is 5.28. The summed E-state index contributed by atoms with van der Waals surface area (Å²) >= 11 is 0. The third kappa shape index (κ3) is 3.61. The summed E-state index contributed by atoms with van der Waals surface area (Å²) in [5.74, 6) is -1.18. The average Bonchev–Trinajstić information content (AvgIpc) is 2.80. The van der Waals surface area contributed by atoms with Gasteiger partial charge < -0.3 is 19.1 Å². The van der Waals surface area contributed by atoms with Gasteiger partial charge in [-0.3, -0.25) is 4.79 Å². The van der Waals surface area contributed by atoms with Crippen LogP contribution in [0, 0.1) is 0 Å². The molecule has 0 radical (unpaired) electrons. The van der Waals surface area contributed by atoms with Gasteiger partial charge in [0.1, 0.15) is 6.04 Å². The minimum atomic E-state index is -1.28. The van der Waals surface area contributed by atoms with E-state index in [1.54, 1.807) is 0 Å². The lowest BCUT2D eigenvalue weighted by atomic mass is 9.90. The number of carbonyl (C=O) groups excluding carboxylic acids is 2. The maximum absolute atomic E-state index is 13.1. The van der Waals surface area contributed by atoms with Crippen molar-refractivity contribution in [2.75, 3.05) is 7.11 Å². The molecule has 9 heteroatoms. The first-order valence-electron chi connectivity index (χ1n) is 9.49. The van der Waals surface area contributed by atoms with E-state index in [4.69, 9.17) is 19.7 Å². The Kier molecular flexibility index (Phi) is 5.67. The molecule has 4 rings (SSSR count). The standard InChI is InChI=1S/C21H20N4O5/c1-28-16-12-15-17(23-24-22)19(26)25(15)20(29-16)21(27)30-18(13-8-4-2-5-9-13)14-10-6-3-7-11-14/h2-11,15-18,20H,12H2,1H3. The summed E-state index contributed by atoms with van der Waals surface area (Å²) in [6, 6.07) is 17.3. The fourth-order valence-corrected chi connectivity index (χ4v) is 3.81. The molecule has 0 aromatic heterocycles. The Hall–Kier alpha value is -3.39. The van der Waals surface area contributed by atoms with Crippen LogP contribution in [0.15, 0.2) is 65.8 Å². The number of hydrogen-bond acceptors (Lipinski definition) is 6. The number of azide groups is 1. The molecule has 2 aromatic carbocycles. The number of methoxy groups -OCH3 is 1. The zero-order chi connectivity index (χ0) is 21.1. The molecule has 2 heterocycles. The van der Waals surface area contributed by atoms with Gasteiger partial charge in [-0.15, -0.1) is 0 Å². The Labute approximate surface area is 172 Å². The smallest absolute Gasteiger partial charge is 0.357 e. The molecule has 9 nitrogen and oxygen atoms in total. The van der Waals surface area contributed by atoms with E-state index in [-0.39, 0.29) is 0 Å². The SMILES string of the molecule is COC1CC2C(N=[N+]=[N-])C(=O)N2C(C(=O)OC(c2ccccc2)c2ccccc2)O1. The molecular formula is C21H20N4O5. The predicted molar refractivity (Wildman–Crippen MR) is 105 cm³/mol. The van der Waals surface area contributed by atoms with Crippen LogP contribution in [0.5, 0.6) is 0 Å². The quantitative estimate of drug-likeness (QED) is 0.240. The maximum atomic E-state index is 13.1. The second-order valence-electron chi connectivity index (χ2n) is 6.99. The Morgan fingerprint density at radius 3 is 2.30 bits per heavy atom. The zero-order valence-electron chi connectivity index (χ0n) is 16.2. The largest absolute Gasteiger partial charge is 0.449 e. The van der Waals surface area contributed by atoms with E-state index in [0.29, 0.717) is 6.42 Å². The van der Waals surface area contributed by atoms with Gasteiger partial charge in [-0.25, -0.2) is 4.79 Å². The van der Waals surface area contributed by atoms with Crippen LogP contribution in [0.3, 0.4) is 0 Å². The van der Waals surface area contributed by atoms with Gasteiger partial charge in [-0.05, 0) is 16.7 Å². The van der Waals surface area contributed by atoms with Gasteiger partial charge >= 0.3 is 5.97 Å². The summed E-state index contributed by atoms with van der Waals surface area (Å²) in [6.45, 7) is 0. The van der Waals surface area contributed by atoms with E-state index in [1.165, 1.54) is 12.0 Å². The Bertz CT molecular complexity index is 924. The minimum absolute atomic E-state index is 0.302. The lowest BCUT2D eigenvalue weighted by Crippen LogP contribution is -2.73. The molecule has 2 aromatic rings. The number of carbonyl (C=O) groups is 2. The number of amides is 1. The van der Waals surface area contributed by atoms with Gasteiger partial charge in [0, 0.05) is 18.4 Å². The Morgan fingerprint density at radius 2 is 1.77 bits per heavy atom. The molecule has 2 fully saturated rings. The van der Waals surface area contributed by atoms with Crippen LogP contribution in [0.4, 0.5) is 0 Å². The second-order valence-corrected chi connectivity index (χ2v) is 6.99. The summed E-state index contributed by atoms with van der Waals surface area (Å²) < 4.78 is 16.8. The molecule has 30 heavy (non-hydrogen) atoms. The minimum Gasteiger partial charge on any atom is -0.449 e. The van der Waals surface area contributed by atoms with Gasteiger partial charge in [-0.2, -0.15) is 0 Å². The molecule has 0 bridgehead atoms. The molecular weight excluding hydrogens is 388 g/mol. The van der Waals surface area contributed by atoms with Crippen molar-refractivity contribution in [3.63, 3.8) is 0 Å². The summed E-state index contributed by atoms with van der Waals surface area (Å²) in [5, 5.41) is 3.54. The molecule has 2 aliphatic rings. The first-order chi connectivity index (χ1) is 14.6. The van der Waals surface area contributed by atoms with Crippen LogP contribution >= 0.6 is 0 Å². The predicted octanol–water partition coefficient (Wildman–Crippen LogP) is 2.93. The van der Waals surface area contributed by atoms with Gasteiger partial charge in [-0.1, -0.05) is 65.8 Å². The van der Waals surface area contributed by atoms with E-state index in [2.05, 4.69) is 10.0 Å². The summed E-state index contributed by atoms with van der Waals surface area (Å²) in [5.41, 5.74) is 10.3.